The van der Waals surface area contributed by atoms with E-state index in [0.29, 0.717) is 18.7 Å². The quantitative estimate of drug-likeness (QED) is 0.378. The molecule has 8 heteroatoms. The molecule has 0 aromatic carbocycles. The Morgan fingerprint density at radius 1 is 1.17 bits per heavy atom. The molecule has 7 nitrogen and oxygen atoms in total. The summed E-state index contributed by atoms with van der Waals surface area (Å²) in [6.07, 6.45) is -0.720. The summed E-state index contributed by atoms with van der Waals surface area (Å²) in [6.45, 7) is 11.0. The van der Waals surface area contributed by atoms with Crippen LogP contribution in [0.5, 0.6) is 0 Å². The van der Waals surface area contributed by atoms with Crippen LogP contribution in [0.25, 0.3) is 0 Å². The SMILES string of the molecule is C=C(C)C(=O)OC(CSC(=O)C(=C)C)CN1CCN(C)C(=O)C1=O. The molecular weight excluding hydrogens is 332 g/mol. The Hall–Kier alpha value is -2.09. The van der Waals surface area contributed by atoms with Crippen LogP contribution in [0.2, 0.25) is 0 Å². The van der Waals surface area contributed by atoms with E-state index < -0.39 is 23.9 Å². The van der Waals surface area contributed by atoms with E-state index in [1.165, 1.54) is 16.7 Å². The fourth-order valence-electron chi connectivity index (χ4n) is 1.86. The average molecular weight is 354 g/mol. The Kier molecular flexibility index (Phi) is 7.21. The minimum absolute atomic E-state index is 0.0495. The van der Waals surface area contributed by atoms with Gasteiger partial charge in [0.05, 0.1) is 6.54 Å². The third-order valence-electron chi connectivity index (χ3n) is 3.32. The van der Waals surface area contributed by atoms with Crippen LogP contribution < -0.4 is 0 Å². The van der Waals surface area contributed by atoms with E-state index in [2.05, 4.69) is 13.2 Å². The number of thioether (sulfide) groups is 1. The van der Waals surface area contributed by atoms with Crippen molar-refractivity contribution in [3.8, 4) is 0 Å². The van der Waals surface area contributed by atoms with Crippen LogP contribution in [0.1, 0.15) is 13.8 Å². The lowest BCUT2D eigenvalue weighted by atomic mass is 10.2. The van der Waals surface area contributed by atoms with E-state index in [4.69, 9.17) is 4.74 Å². The lowest BCUT2D eigenvalue weighted by molar-refractivity contribution is -0.157. The number of ether oxygens (including phenoxy) is 1. The summed E-state index contributed by atoms with van der Waals surface area (Å²) < 4.78 is 5.30. The predicted molar refractivity (Wildman–Crippen MR) is 91.2 cm³/mol. The van der Waals surface area contributed by atoms with Gasteiger partial charge in [-0.05, 0) is 19.4 Å². The highest BCUT2D eigenvalue weighted by atomic mass is 32.2. The highest BCUT2D eigenvalue weighted by molar-refractivity contribution is 8.14. The number of rotatable bonds is 7. The van der Waals surface area contributed by atoms with E-state index in [-0.39, 0.29) is 23.0 Å². The normalized spacial score (nSPS) is 16.0. The second-order valence-corrected chi connectivity index (χ2v) is 6.66. The third kappa shape index (κ3) is 5.52. The van der Waals surface area contributed by atoms with Gasteiger partial charge in [0.25, 0.3) is 0 Å². The number of carbonyl (C=O) groups excluding carboxylic acids is 4. The molecule has 1 aliphatic rings. The van der Waals surface area contributed by atoms with Crippen molar-refractivity contribution in [1.82, 2.24) is 9.80 Å². The fourth-order valence-corrected chi connectivity index (χ4v) is 2.62. The number of carbonyl (C=O) groups is 4. The van der Waals surface area contributed by atoms with Gasteiger partial charge in [-0.25, -0.2) is 4.79 Å². The monoisotopic (exact) mass is 354 g/mol. The van der Waals surface area contributed by atoms with Crippen molar-refractivity contribution in [3.05, 3.63) is 24.3 Å². The Morgan fingerprint density at radius 2 is 1.79 bits per heavy atom. The van der Waals surface area contributed by atoms with Gasteiger partial charge in [-0.3, -0.25) is 14.4 Å². The Morgan fingerprint density at radius 3 is 2.33 bits per heavy atom. The van der Waals surface area contributed by atoms with Gasteiger partial charge < -0.3 is 14.5 Å². The molecule has 1 atom stereocenters. The molecule has 0 radical (unpaired) electrons. The van der Waals surface area contributed by atoms with E-state index in [0.717, 1.165) is 11.8 Å². The standard InChI is InChI=1S/C16H22N2O5S/c1-10(2)15(21)23-12(9-24-16(22)11(3)4)8-18-7-6-17(5)13(19)14(18)20/h12H,1,3,6-9H2,2,4-5H3. The predicted octanol–water partition coefficient (Wildman–Crippen LogP) is 0.611. The van der Waals surface area contributed by atoms with E-state index in [9.17, 15) is 19.2 Å². The number of nitrogens with zero attached hydrogens (tertiary/aromatic N) is 2. The maximum absolute atomic E-state index is 12.0. The zero-order chi connectivity index (χ0) is 18.4. The molecule has 0 N–H and O–H groups in total. The van der Waals surface area contributed by atoms with Crippen molar-refractivity contribution in [2.75, 3.05) is 32.4 Å². The molecule has 132 valence electrons. The van der Waals surface area contributed by atoms with Crippen molar-refractivity contribution in [3.63, 3.8) is 0 Å². The summed E-state index contributed by atoms with van der Waals surface area (Å²) in [7, 11) is 1.55. The van der Waals surface area contributed by atoms with Crippen LogP contribution in [0.4, 0.5) is 0 Å². The third-order valence-corrected chi connectivity index (χ3v) is 4.47. The van der Waals surface area contributed by atoms with Gasteiger partial charge in [-0.15, -0.1) is 0 Å². The van der Waals surface area contributed by atoms with Crippen molar-refractivity contribution in [2.45, 2.75) is 20.0 Å². The smallest absolute Gasteiger partial charge is 0.333 e. The molecule has 0 spiro atoms. The second kappa shape index (κ2) is 8.68. The minimum atomic E-state index is -0.720. The van der Waals surface area contributed by atoms with E-state index in [1.807, 2.05) is 0 Å². The first kappa shape index (κ1) is 20.0. The van der Waals surface area contributed by atoms with E-state index >= 15 is 0 Å². The molecule has 1 saturated heterocycles. The second-order valence-electron chi connectivity index (χ2n) is 5.66. The first-order valence-electron chi connectivity index (χ1n) is 7.37. The lowest BCUT2D eigenvalue weighted by Crippen LogP contribution is -2.55. The van der Waals surface area contributed by atoms with Crippen LogP contribution in [0, 0.1) is 0 Å². The number of hydrogen-bond donors (Lipinski definition) is 0. The summed E-state index contributed by atoms with van der Waals surface area (Å²) in [4.78, 5) is 49.9. The molecule has 1 heterocycles. The largest absolute Gasteiger partial charge is 0.456 e. The molecule has 0 bridgehead atoms. The van der Waals surface area contributed by atoms with Gasteiger partial charge in [-0.1, -0.05) is 24.9 Å². The van der Waals surface area contributed by atoms with Gasteiger partial charge in [-0.2, -0.15) is 0 Å². The summed E-state index contributed by atoms with van der Waals surface area (Å²) in [5.74, 6) is -1.68. The molecule has 0 aromatic rings. The molecule has 1 rings (SSSR count). The fraction of sp³-hybridized carbons (Fsp3) is 0.500. The van der Waals surface area contributed by atoms with Gasteiger partial charge in [0.15, 0.2) is 0 Å². The molecule has 1 aliphatic heterocycles. The molecule has 1 unspecified atom stereocenters. The number of amides is 2. The maximum Gasteiger partial charge on any atom is 0.333 e. The molecular formula is C16H22N2O5S. The van der Waals surface area contributed by atoms with E-state index in [1.54, 1.807) is 14.0 Å². The average Bonchev–Trinajstić information content (AvgIpc) is 2.52. The highest BCUT2D eigenvalue weighted by Gasteiger charge is 2.32. The number of esters is 1. The first-order chi connectivity index (χ1) is 11.1. The lowest BCUT2D eigenvalue weighted by Gasteiger charge is -2.33. The maximum atomic E-state index is 12.0. The van der Waals surface area contributed by atoms with Crippen LogP contribution in [-0.2, 0) is 23.9 Å². The molecule has 0 aliphatic carbocycles. The van der Waals surface area contributed by atoms with Gasteiger partial charge in [0.1, 0.15) is 6.10 Å². The van der Waals surface area contributed by atoms with Crippen LogP contribution in [-0.4, -0.2) is 71.2 Å². The van der Waals surface area contributed by atoms with Gasteiger partial charge in [0.2, 0.25) is 5.12 Å². The van der Waals surface area contributed by atoms with Crippen molar-refractivity contribution < 1.29 is 23.9 Å². The number of hydrogen-bond acceptors (Lipinski definition) is 6. The molecule has 2 amide bonds. The van der Waals surface area contributed by atoms with Crippen LogP contribution in [0.15, 0.2) is 24.3 Å². The zero-order valence-corrected chi connectivity index (χ0v) is 15.0. The van der Waals surface area contributed by atoms with Crippen molar-refractivity contribution in [2.24, 2.45) is 0 Å². The van der Waals surface area contributed by atoms with Crippen LogP contribution in [0.3, 0.4) is 0 Å². The summed E-state index contributed by atoms with van der Waals surface area (Å²) >= 11 is 0.959. The Bertz CT molecular complexity index is 587. The number of likely N-dealkylation sites (N-methyl/N-ethyl adjacent to an activating group) is 1. The van der Waals surface area contributed by atoms with Gasteiger partial charge in [0, 0.05) is 31.5 Å². The summed E-state index contributed by atoms with van der Waals surface area (Å²) in [5.41, 5.74) is 0.604. The summed E-state index contributed by atoms with van der Waals surface area (Å²) in [6, 6.07) is 0. The molecule has 0 saturated carbocycles. The minimum Gasteiger partial charge on any atom is -0.456 e. The Labute approximate surface area is 145 Å². The Balaban J connectivity index is 2.76. The zero-order valence-electron chi connectivity index (χ0n) is 14.2. The summed E-state index contributed by atoms with van der Waals surface area (Å²) in [5, 5.41) is -0.216. The molecule has 0 aromatic heterocycles. The molecule has 24 heavy (non-hydrogen) atoms. The van der Waals surface area contributed by atoms with Crippen molar-refractivity contribution >= 4 is 34.7 Å². The van der Waals surface area contributed by atoms with Crippen molar-refractivity contribution in [1.29, 1.82) is 0 Å². The molecule has 1 fully saturated rings. The topological polar surface area (TPSA) is 84.0 Å². The van der Waals surface area contributed by atoms with Crippen LogP contribution >= 0.6 is 11.8 Å². The first-order valence-corrected chi connectivity index (χ1v) is 8.35. The highest BCUT2D eigenvalue weighted by Crippen LogP contribution is 2.15. The number of piperazine rings is 1. The van der Waals surface area contributed by atoms with Gasteiger partial charge >= 0.3 is 17.8 Å².